The molecule has 0 unspecified atom stereocenters. The highest BCUT2D eigenvalue weighted by Gasteiger charge is 2.14. The monoisotopic (exact) mass is 371 g/mol. The van der Waals surface area contributed by atoms with Crippen LogP contribution in [0.4, 0.5) is 0 Å². The summed E-state index contributed by atoms with van der Waals surface area (Å²) in [4.78, 5) is 16.4. The van der Waals surface area contributed by atoms with Gasteiger partial charge in [-0.3, -0.25) is 9.78 Å². The van der Waals surface area contributed by atoms with Crippen molar-refractivity contribution < 1.29 is 13.2 Å². The lowest BCUT2D eigenvalue weighted by molar-refractivity contribution is 0.0956. The molecule has 0 spiro atoms. The van der Waals surface area contributed by atoms with Crippen LogP contribution in [0.2, 0.25) is 0 Å². The third-order valence-electron chi connectivity index (χ3n) is 3.63. The van der Waals surface area contributed by atoms with E-state index in [9.17, 15) is 13.2 Å². The van der Waals surface area contributed by atoms with Crippen LogP contribution in [0.25, 0.3) is 11.3 Å². The fraction of sp³-hybridized carbons (Fsp3) is 0.316. The second-order valence-corrected chi connectivity index (χ2v) is 8.58. The molecule has 0 atom stereocenters. The van der Waals surface area contributed by atoms with Gasteiger partial charge in [-0.05, 0) is 30.2 Å². The Kier molecular flexibility index (Phi) is 6.47. The van der Waals surface area contributed by atoms with E-state index in [0.717, 1.165) is 5.56 Å². The lowest BCUT2D eigenvalue weighted by Gasteiger charge is -2.09. The predicted octanol–water partition coefficient (Wildman–Crippen LogP) is 2.42. The predicted molar refractivity (Wildman–Crippen MR) is 100 cm³/mol. The number of nitriles is 1. The third-order valence-corrected chi connectivity index (χ3v) is 5.64. The van der Waals surface area contributed by atoms with Crippen LogP contribution in [0, 0.1) is 17.2 Å². The molecule has 1 amide bonds. The summed E-state index contributed by atoms with van der Waals surface area (Å²) in [5.41, 5.74) is 2.17. The summed E-state index contributed by atoms with van der Waals surface area (Å²) >= 11 is 0. The zero-order valence-electron chi connectivity index (χ0n) is 14.8. The van der Waals surface area contributed by atoms with Gasteiger partial charge in [0.1, 0.15) is 6.07 Å². The SMILES string of the molecule is CC(C)CS(=O)(=O)CCNC(=O)c1ccc(-c2ncccc2C#N)cc1. The van der Waals surface area contributed by atoms with E-state index in [1.54, 1.807) is 42.6 Å². The number of pyridine rings is 1. The number of carbonyl (C=O) groups excluding carboxylic acids is 1. The molecule has 0 saturated carbocycles. The molecule has 0 aliphatic rings. The van der Waals surface area contributed by atoms with Gasteiger partial charge >= 0.3 is 0 Å². The van der Waals surface area contributed by atoms with Crippen molar-refractivity contribution >= 4 is 15.7 Å². The number of sulfone groups is 1. The van der Waals surface area contributed by atoms with Gasteiger partial charge in [0.2, 0.25) is 0 Å². The zero-order chi connectivity index (χ0) is 19.2. The fourth-order valence-corrected chi connectivity index (χ4v) is 4.11. The molecule has 1 aromatic carbocycles. The van der Waals surface area contributed by atoms with E-state index in [1.165, 1.54) is 0 Å². The maximum absolute atomic E-state index is 12.1. The summed E-state index contributed by atoms with van der Waals surface area (Å²) in [5, 5.41) is 11.8. The first-order chi connectivity index (χ1) is 12.3. The number of nitrogens with zero attached hydrogens (tertiary/aromatic N) is 2. The van der Waals surface area contributed by atoms with E-state index in [0.29, 0.717) is 16.8 Å². The van der Waals surface area contributed by atoms with Gasteiger partial charge in [-0.15, -0.1) is 0 Å². The zero-order valence-corrected chi connectivity index (χ0v) is 15.6. The average Bonchev–Trinajstić information content (AvgIpc) is 2.60. The van der Waals surface area contributed by atoms with Gasteiger partial charge in [-0.1, -0.05) is 26.0 Å². The summed E-state index contributed by atoms with van der Waals surface area (Å²) < 4.78 is 23.7. The largest absolute Gasteiger partial charge is 0.351 e. The molecule has 0 radical (unpaired) electrons. The van der Waals surface area contributed by atoms with E-state index < -0.39 is 9.84 Å². The Morgan fingerprint density at radius 2 is 1.92 bits per heavy atom. The molecule has 1 N–H and O–H groups in total. The maximum atomic E-state index is 12.1. The molecular weight excluding hydrogens is 350 g/mol. The topological polar surface area (TPSA) is 99.9 Å². The molecule has 26 heavy (non-hydrogen) atoms. The molecule has 0 saturated heterocycles. The number of aromatic nitrogens is 1. The summed E-state index contributed by atoms with van der Waals surface area (Å²) in [6.07, 6.45) is 1.61. The highest BCUT2D eigenvalue weighted by Crippen LogP contribution is 2.21. The quantitative estimate of drug-likeness (QED) is 0.806. The Morgan fingerprint density at radius 3 is 2.54 bits per heavy atom. The molecule has 0 aliphatic carbocycles. The number of nitrogens with one attached hydrogen (secondary N) is 1. The molecule has 1 heterocycles. The molecule has 7 heteroatoms. The Bertz CT molecular complexity index is 914. The van der Waals surface area contributed by atoms with Gasteiger partial charge in [0, 0.05) is 23.9 Å². The van der Waals surface area contributed by atoms with E-state index >= 15 is 0 Å². The first kappa shape index (κ1) is 19.6. The minimum atomic E-state index is -3.16. The molecule has 6 nitrogen and oxygen atoms in total. The van der Waals surface area contributed by atoms with Crippen LogP contribution in [0.5, 0.6) is 0 Å². The van der Waals surface area contributed by atoms with Crippen LogP contribution < -0.4 is 5.32 Å². The van der Waals surface area contributed by atoms with Crippen molar-refractivity contribution in [1.29, 1.82) is 5.26 Å². The number of hydrogen-bond acceptors (Lipinski definition) is 5. The van der Waals surface area contributed by atoms with Crippen molar-refractivity contribution in [2.24, 2.45) is 5.92 Å². The molecular formula is C19H21N3O3S. The summed E-state index contributed by atoms with van der Waals surface area (Å²) in [7, 11) is -3.16. The molecule has 0 aliphatic heterocycles. The second kappa shape index (κ2) is 8.59. The Labute approximate surface area is 153 Å². The number of rotatable bonds is 7. The first-order valence-corrected chi connectivity index (χ1v) is 10.1. The lowest BCUT2D eigenvalue weighted by atomic mass is 10.0. The molecule has 2 rings (SSSR count). The van der Waals surface area contributed by atoms with Crippen LogP contribution in [0.1, 0.15) is 29.8 Å². The summed E-state index contributed by atoms with van der Waals surface area (Å²) in [5.74, 6) is -0.233. The number of hydrogen-bond donors (Lipinski definition) is 1. The lowest BCUT2D eigenvalue weighted by Crippen LogP contribution is -2.30. The van der Waals surface area contributed by atoms with Crippen LogP contribution in [-0.4, -0.2) is 37.4 Å². The van der Waals surface area contributed by atoms with Crippen LogP contribution in [-0.2, 0) is 9.84 Å². The highest BCUT2D eigenvalue weighted by atomic mass is 32.2. The van der Waals surface area contributed by atoms with Gasteiger partial charge in [0.15, 0.2) is 9.84 Å². The molecule has 0 bridgehead atoms. The van der Waals surface area contributed by atoms with Gasteiger partial charge in [0.25, 0.3) is 5.91 Å². The van der Waals surface area contributed by atoms with Crippen molar-refractivity contribution in [2.45, 2.75) is 13.8 Å². The molecule has 2 aromatic rings. The standard InChI is InChI=1S/C19H21N3O3S/c1-14(2)13-26(24,25)11-10-22-19(23)16-7-5-15(6-8-16)18-17(12-20)4-3-9-21-18/h3-9,14H,10-11,13H2,1-2H3,(H,22,23). The van der Waals surface area contributed by atoms with Crippen LogP contribution >= 0.6 is 0 Å². The second-order valence-electron chi connectivity index (χ2n) is 6.35. The Morgan fingerprint density at radius 1 is 1.23 bits per heavy atom. The maximum Gasteiger partial charge on any atom is 0.251 e. The van der Waals surface area contributed by atoms with Crippen molar-refractivity contribution in [3.05, 3.63) is 53.7 Å². The smallest absolute Gasteiger partial charge is 0.251 e. The van der Waals surface area contributed by atoms with Gasteiger partial charge in [-0.2, -0.15) is 5.26 Å². The summed E-state index contributed by atoms with van der Waals surface area (Å²) in [6, 6.07) is 12.1. The van der Waals surface area contributed by atoms with Crippen molar-refractivity contribution in [3.8, 4) is 17.3 Å². The number of benzene rings is 1. The summed E-state index contributed by atoms with van der Waals surface area (Å²) in [6.45, 7) is 3.77. The van der Waals surface area contributed by atoms with Crippen molar-refractivity contribution in [2.75, 3.05) is 18.1 Å². The Balaban J connectivity index is 2.00. The minimum Gasteiger partial charge on any atom is -0.351 e. The molecule has 136 valence electrons. The minimum absolute atomic E-state index is 0.0631. The molecule has 0 fully saturated rings. The van der Waals surface area contributed by atoms with Crippen LogP contribution in [0.15, 0.2) is 42.6 Å². The van der Waals surface area contributed by atoms with Gasteiger partial charge in [0.05, 0.1) is 22.8 Å². The van der Waals surface area contributed by atoms with Crippen LogP contribution in [0.3, 0.4) is 0 Å². The normalized spacial score (nSPS) is 11.2. The van der Waals surface area contributed by atoms with E-state index in [2.05, 4.69) is 16.4 Å². The van der Waals surface area contributed by atoms with E-state index in [4.69, 9.17) is 5.26 Å². The number of carbonyl (C=O) groups is 1. The van der Waals surface area contributed by atoms with Gasteiger partial charge in [-0.25, -0.2) is 8.42 Å². The van der Waals surface area contributed by atoms with Crippen molar-refractivity contribution in [3.63, 3.8) is 0 Å². The highest BCUT2D eigenvalue weighted by molar-refractivity contribution is 7.91. The van der Waals surface area contributed by atoms with Gasteiger partial charge < -0.3 is 5.32 Å². The van der Waals surface area contributed by atoms with E-state index in [-0.39, 0.29) is 29.9 Å². The Hall–Kier alpha value is -2.72. The fourth-order valence-electron chi connectivity index (χ4n) is 2.52. The molecule has 1 aromatic heterocycles. The number of amides is 1. The van der Waals surface area contributed by atoms with Crippen molar-refractivity contribution in [1.82, 2.24) is 10.3 Å². The average molecular weight is 371 g/mol. The first-order valence-electron chi connectivity index (χ1n) is 8.26. The van der Waals surface area contributed by atoms with E-state index in [1.807, 2.05) is 13.8 Å². The third kappa shape index (κ3) is 5.39.